The molecule has 0 aliphatic carbocycles. The van der Waals surface area contributed by atoms with Gasteiger partial charge in [-0.1, -0.05) is 6.07 Å². The number of rotatable bonds is 2. The zero-order chi connectivity index (χ0) is 14.1. The maximum Gasteiger partial charge on any atom is 0.196 e. The zero-order valence-corrected chi connectivity index (χ0v) is 11.3. The van der Waals surface area contributed by atoms with Crippen molar-refractivity contribution in [3.05, 3.63) is 36.7 Å². The lowest BCUT2D eigenvalue weighted by molar-refractivity contribution is 0.985. The fraction of sp³-hybridized carbons (Fsp3) is 0. The minimum Gasteiger partial charge on any atom is -0.397 e. The Morgan fingerprint density at radius 1 is 0.950 bits per heavy atom. The smallest absolute Gasteiger partial charge is 0.196 e. The largest absolute Gasteiger partial charge is 0.397 e. The van der Waals surface area contributed by atoms with Gasteiger partial charge in [0.25, 0.3) is 0 Å². The third-order valence-corrected chi connectivity index (χ3v) is 3.71. The van der Waals surface area contributed by atoms with Crippen molar-refractivity contribution in [1.82, 2.24) is 15.0 Å². The van der Waals surface area contributed by atoms with Crippen LogP contribution in [0, 0.1) is 0 Å². The molecule has 0 bridgehead atoms. The number of pyridine rings is 1. The summed E-state index contributed by atoms with van der Waals surface area (Å²) in [6.45, 7) is 0. The van der Waals surface area contributed by atoms with E-state index >= 15 is 0 Å². The van der Waals surface area contributed by atoms with Crippen LogP contribution in [0.3, 0.4) is 0 Å². The number of hydrogen-bond acceptors (Lipinski definition) is 7. The third kappa shape index (κ3) is 2.30. The second kappa shape index (κ2) is 4.86. The lowest BCUT2D eigenvalue weighted by Gasteiger charge is -2.08. The van der Waals surface area contributed by atoms with Crippen molar-refractivity contribution in [2.24, 2.45) is 0 Å². The normalized spacial score (nSPS) is 10.8. The van der Waals surface area contributed by atoms with Gasteiger partial charge in [-0.3, -0.25) is 4.98 Å². The van der Waals surface area contributed by atoms with Gasteiger partial charge in [-0.2, -0.15) is 0 Å². The van der Waals surface area contributed by atoms with E-state index < -0.39 is 0 Å². The summed E-state index contributed by atoms with van der Waals surface area (Å²) in [5.41, 5.74) is 18.2. The molecule has 6 N–H and O–H groups in total. The summed E-state index contributed by atoms with van der Waals surface area (Å²) in [6.07, 6.45) is 3.48. The highest BCUT2D eigenvalue weighted by Crippen LogP contribution is 2.34. The molecular weight excluding hydrogens is 272 g/mol. The van der Waals surface area contributed by atoms with Crippen molar-refractivity contribution in [1.29, 1.82) is 0 Å². The van der Waals surface area contributed by atoms with E-state index in [0.29, 0.717) is 22.5 Å². The van der Waals surface area contributed by atoms with Crippen LogP contribution >= 0.6 is 11.8 Å². The van der Waals surface area contributed by atoms with Crippen LogP contribution in [-0.4, -0.2) is 15.0 Å². The Labute approximate surface area is 119 Å². The minimum absolute atomic E-state index is 0.337. The molecule has 3 rings (SSSR count). The van der Waals surface area contributed by atoms with Crippen molar-refractivity contribution in [3.8, 4) is 0 Å². The summed E-state index contributed by atoms with van der Waals surface area (Å²) in [7, 11) is 0. The van der Waals surface area contributed by atoms with Crippen molar-refractivity contribution in [2.75, 3.05) is 17.2 Å². The molecule has 0 radical (unpaired) electrons. The molecule has 0 aliphatic rings. The SMILES string of the molecule is Nc1cc(N)nc(Sc2ccc3cnccc3c2N)n1. The molecule has 3 aromatic rings. The Balaban J connectivity index is 2.04. The molecule has 0 unspecified atom stereocenters. The first-order chi connectivity index (χ1) is 9.63. The zero-order valence-electron chi connectivity index (χ0n) is 10.4. The standard InChI is InChI=1S/C13H12N6S/c14-10-5-11(15)19-13(18-10)20-9-2-1-7-6-17-4-3-8(7)12(9)16/h1-6H,16H2,(H4,14,15,18,19). The Bertz CT molecular complexity index is 769. The van der Waals surface area contributed by atoms with Crippen LogP contribution in [0.15, 0.2) is 46.7 Å². The molecule has 2 heterocycles. The number of aromatic nitrogens is 3. The third-order valence-electron chi connectivity index (χ3n) is 2.77. The molecule has 2 aromatic heterocycles. The maximum atomic E-state index is 6.18. The lowest BCUT2D eigenvalue weighted by atomic mass is 10.1. The highest BCUT2D eigenvalue weighted by molar-refractivity contribution is 7.99. The fourth-order valence-electron chi connectivity index (χ4n) is 1.87. The molecular formula is C13H12N6S. The van der Waals surface area contributed by atoms with Crippen molar-refractivity contribution < 1.29 is 0 Å². The Morgan fingerprint density at radius 3 is 2.45 bits per heavy atom. The number of hydrogen-bond donors (Lipinski definition) is 3. The fourth-order valence-corrected chi connectivity index (χ4v) is 2.72. The van der Waals surface area contributed by atoms with Gasteiger partial charge in [0, 0.05) is 34.1 Å². The van der Waals surface area contributed by atoms with Gasteiger partial charge in [-0.05, 0) is 23.9 Å². The molecule has 0 spiro atoms. The van der Waals surface area contributed by atoms with Gasteiger partial charge in [-0.25, -0.2) is 9.97 Å². The Hall–Kier alpha value is -2.54. The van der Waals surface area contributed by atoms with Crippen LogP contribution < -0.4 is 17.2 Å². The van der Waals surface area contributed by atoms with Gasteiger partial charge in [-0.15, -0.1) is 0 Å². The predicted octanol–water partition coefficient (Wildman–Crippen LogP) is 1.92. The van der Waals surface area contributed by atoms with Gasteiger partial charge < -0.3 is 17.2 Å². The monoisotopic (exact) mass is 284 g/mol. The second-order valence-electron chi connectivity index (χ2n) is 4.18. The van der Waals surface area contributed by atoms with E-state index in [4.69, 9.17) is 17.2 Å². The number of benzene rings is 1. The molecule has 0 atom stereocenters. The van der Waals surface area contributed by atoms with E-state index in [1.54, 1.807) is 12.4 Å². The molecule has 0 amide bonds. The lowest BCUT2D eigenvalue weighted by Crippen LogP contribution is -1.99. The topological polar surface area (TPSA) is 117 Å². The van der Waals surface area contributed by atoms with Gasteiger partial charge in [0.1, 0.15) is 11.6 Å². The van der Waals surface area contributed by atoms with E-state index in [1.165, 1.54) is 17.8 Å². The molecule has 100 valence electrons. The van der Waals surface area contributed by atoms with Crippen LogP contribution in [0.25, 0.3) is 10.8 Å². The summed E-state index contributed by atoms with van der Waals surface area (Å²) in [5, 5.41) is 2.41. The van der Waals surface area contributed by atoms with Gasteiger partial charge >= 0.3 is 0 Å². The Kier molecular flexibility index (Phi) is 3.03. The van der Waals surface area contributed by atoms with Crippen LogP contribution in [0.1, 0.15) is 0 Å². The summed E-state index contributed by atoms with van der Waals surface area (Å²) in [4.78, 5) is 13.2. The molecule has 0 saturated heterocycles. The van der Waals surface area contributed by atoms with E-state index in [2.05, 4.69) is 15.0 Å². The first-order valence-corrected chi connectivity index (χ1v) is 6.65. The van der Waals surface area contributed by atoms with Crippen LogP contribution in [0.2, 0.25) is 0 Å². The second-order valence-corrected chi connectivity index (χ2v) is 5.19. The number of fused-ring (bicyclic) bond motifs is 1. The molecule has 0 saturated carbocycles. The van der Waals surface area contributed by atoms with E-state index in [1.807, 2.05) is 18.2 Å². The average Bonchev–Trinajstić information content (AvgIpc) is 2.41. The first-order valence-electron chi connectivity index (χ1n) is 5.83. The Morgan fingerprint density at radius 2 is 1.70 bits per heavy atom. The van der Waals surface area contributed by atoms with E-state index in [0.717, 1.165) is 15.7 Å². The van der Waals surface area contributed by atoms with Gasteiger partial charge in [0.15, 0.2) is 5.16 Å². The highest BCUT2D eigenvalue weighted by Gasteiger charge is 2.09. The maximum absolute atomic E-state index is 6.18. The van der Waals surface area contributed by atoms with Crippen LogP contribution in [-0.2, 0) is 0 Å². The summed E-state index contributed by atoms with van der Waals surface area (Å²) >= 11 is 1.33. The van der Waals surface area contributed by atoms with Gasteiger partial charge in [0.2, 0.25) is 0 Å². The van der Waals surface area contributed by atoms with Crippen LogP contribution in [0.5, 0.6) is 0 Å². The summed E-state index contributed by atoms with van der Waals surface area (Å²) in [5.74, 6) is 0.673. The van der Waals surface area contributed by atoms with Crippen molar-refractivity contribution >= 4 is 39.9 Å². The number of nitrogen functional groups attached to an aromatic ring is 3. The minimum atomic E-state index is 0.337. The predicted molar refractivity (Wildman–Crippen MR) is 81.1 cm³/mol. The molecule has 0 aliphatic heterocycles. The molecule has 20 heavy (non-hydrogen) atoms. The average molecular weight is 284 g/mol. The number of anilines is 3. The van der Waals surface area contributed by atoms with Crippen LogP contribution in [0.4, 0.5) is 17.3 Å². The quantitative estimate of drug-likeness (QED) is 0.486. The van der Waals surface area contributed by atoms with Gasteiger partial charge in [0.05, 0.1) is 5.69 Å². The van der Waals surface area contributed by atoms with Crippen molar-refractivity contribution in [3.63, 3.8) is 0 Å². The molecule has 1 aromatic carbocycles. The molecule has 0 fully saturated rings. The van der Waals surface area contributed by atoms with E-state index in [9.17, 15) is 0 Å². The number of nitrogens with zero attached hydrogens (tertiary/aromatic N) is 3. The first kappa shape index (κ1) is 12.5. The van der Waals surface area contributed by atoms with Crippen molar-refractivity contribution in [2.45, 2.75) is 10.1 Å². The molecule has 7 heteroatoms. The highest BCUT2D eigenvalue weighted by atomic mass is 32.2. The summed E-state index contributed by atoms with van der Waals surface area (Å²) < 4.78 is 0. The molecule has 6 nitrogen and oxygen atoms in total. The summed E-state index contributed by atoms with van der Waals surface area (Å²) in [6, 6.07) is 7.26. The van der Waals surface area contributed by atoms with E-state index in [-0.39, 0.29) is 0 Å². The number of nitrogens with two attached hydrogens (primary N) is 3.